The zero-order valence-corrected chi connectivity index (χ0v) is 10.3. The topological polar surface area (TPSA) is 46.5 Å². The van der Waals surface area contributed by atoms with Crippen molar-refractivity contribution >= 4 is 5.97 Å². The van der Waals surface area contributed by atoms with Crippen LogP contribution in [0.25, 0.3) is 0 Å². The number of aromatic carboxylic acids is 1. The third kappa shape index (κ3) is 2.22. The van der Waals surface area contributed by atoms with Crippen LogP contribution in [0, 0.1) is 17.8 Å². The SMILES string of the molecule is O=C(O)c1cccc(OCC2CC3CCC2C3)c1. The maximum atomic E-state index is 10.9. The van der Waals surface area contributed by atoms with Gasteiger partial charge in [-0.05, 0) is 55.2 Å². The minimum Gasteiger partial charge on any atom is -0.493 e. The molecule has 1 aromatic carbocycles. The summed E-state index contributed by atoms with van der Waals surface area (Å²) in [6.45, 7) is 0.740. The first-order valence-corrected chi connectivity index (χ1v) is 6.68. The summed E-state index contributed by atoms with van der Waals surface area (Å²) in [6.07, 6.45) is 5.43. The Labute approximate surface area is 107 Å². The molecular weight excluding hydrogens is 228 g/mol. The molecule has 0 aliphatic heterocycles. The van der Waals surface area contributed by atoms with Gasteiger partial charge in [0.05, 0.1) is 12.2 Å². The zero-order chi connectivity index (χ0) is 12.5. The Hall–Kier alpha value is -1.51. The highest BCUT2D eigenvalue weighted by Crippen LogP contribution is 2.48. The normalized spacial score (nSPS) is 29.4. The molecule has 0 spiro atoms. The lowest BCUT2D eigenvalue weighted by Gasteiger charge is -2.21. The second-order valence-electron chi connectivity index (χ2n) is 5.58. The lowest BCUT2D eigenvalue weighted by Crippen LogP contribution is -2.18. The van der Waals surface area contributed by atoms with Crippen molar-refractivity contribution in [1.29, 1.82) is 0 Å². The molecule has 2 aliphatic rings. The minimum atomic E-state index is -0.902. The summed E-state index contributed by atoms with van der Waals surface area (Å²) in [6, 6.07) is 6.77. The Morgan fingerprint density at radius 3 is 2.89 bits per heavy atom. The van der Waals surface area contributed by atoms with Gasteiger partial charge in [-0.1, -0.05) is 12.5 Å². The predicted octanol–water partition coefficient (Wildman–Crippen LogP) is 3.20. The van der Waals surface area contributed by atoms with Gasteiger partial charge in [0.1, 0.15) is 5.75 Å². The first kappa shape index (κ1) is 11.6. The molecule has 18 heavy (non-hydrogen) atoms. The van der Waals surface area contributed by atoms with E-state index in [-0.39, 0.29) is 0 Å². The highest BCUT2D eigenvalue weighted by molar-refractivity contribution is 5.87. The van der Waals surface area contributed by atoms with E-state index in [1.54, 1.807) is 18.2 Å². The molecule has 0 amide bonds. The first-order chi connectivity index (χ1) is 8.72. The van der Waals surface area contributed by atoms with Gasteiger partial charge in [0, 0.05) is 0 Å². The van der Waals surface area contributed by atoms with Crippen molar-refractivity contribution in [2.24, 2.45) is 17.8 Å². The second kappa shape index (κ2) is 4.63. The van der Waals surface area contributed by atoms with Crippen molar-refractivity contribution in [3.63, 3.8) is 0 Å². The number of carbonyl (C=O) groups is 1. The summed E-state index contributed by atoms with van der Waals surface area (Å²) in [5.41, 5.74) is 0.292. The van der Waals surface area contributed by atoms with E-state index in [0.29, 0.717) is 17.2 Å². The van der Waals surface area contributed by atoms with Gasteiger partial charge in [-0.2, -0.15) is 0 Å². The van der Waals surface area contributed by atoms with E-state index in [2.05, 4.69) is 0 Å². The Bertz CT molecular complexity index is 455. The lowest BCUT2D eigenvalue weighted by molar-refractivity contribution is 0.0696. The van der Waals surface area contributed by atoms with E-state index in [0.717, 1.165) is 18.4 Å². The highest BCUT2D eigenvalue weighted by atomic mass is 16.5. The van der Waals surface area contributed by atoms with Crippen molar-refractivity contribution in [3.8, 4) is 5.75 Å². The second-order valence-corrected chi connectivity index (χ2v) is 5.58. The number of carboxylic acids is 1. The van der Waals surface area contributed by atoms with Gasteiger partial charge in [-0.15, -0.1) is 0 Å². The Morgan fingerprint density at radius 1 is 1.33 bits per heavy atom. The molecular formula is C15H18O3. The third-order valence-electron chi connectivity index (χ3n) is 4.43. The monoisotopic (exact) mass is 246 g/mol. The molecule has 3 atom stereocenters. The fourth-order valence-electron chi connectivity index (χ4n) is 3.50. The van der Waals surface area contributed by atoms with Gasteiger partial charge >= 0.3 is 5.97 Å². The fourth-order valence-corrected chi connectivity index (χ4v) is 3.50. The van der Waals surface area contributed by atoms with Crippen molar-refractivity contribution in [3.05, 3.63) is 29.8 Å². The van der Waals surface area contributed by atoms with Gasteiger partial charge in [-0.3, -0.25) is 0 Å². The van der Waals surface area contributed by atoms with E-state index in [1.807, 2.05) is 6.07 Å². The van der Waals surface area contributed by atoms with Crippen molar-refractivity contribution in [2.45, 2.75) is 25.7 Å². The largest absolute Gasteiger partial charge is 0.493 e. The fraction of sp³-hybridized carbons (Fsp3) is 0.533. The van der Waals surface area contributed by atoms with Crippen LogP contribution in [0.5, 0.6) is 5.75 Å². The average molecular weight is 246 g/mol. The van der Waals surface area contributed by atoms with Crippen LogP contribution in [-0.2, 0) is 0 Å². The van der Waals surface area contributed by atoms with E-state index >= 15 is 0 Å². The molecule has 0 heterocycles. The van der Waals surface area contributed by atoms with E-state index in [4.69, 9.17) is 9.84 Å². The molecule has 1 aromatic rings. The Morgan fingerprint density at radius 2 is 2.22 bits per heavy atom. The molecule has 2 bridgehead atoms. The molecule has 0 aromatic heterocycles. The summed E-state index contributed by atoms with van der Waals surface area (Å²) < 4.78 is 5.77. The number of rotatable bonds is 4. The number of benzene rings is 1. The molecule has 1 N–H and O–H groups in total. The van der Waals surface area contributed by atoms with Crippen LogP contribution in [0.4, 0.5) is 0 Å². The highest BCUT2D eigenvalue weighted by Gasteiger charge is 2.39. The summed E-state index contributed by atoms with van der Waals surface area (Å²) in [5.74, 6) is 2.22. The molecule has 3 nitrogen and oxygen atoms in total. The third-order valence-corrected chi connectivity index (χ3v) is 4.43. The van der Waals surface area contributed by atoms with Crippen LogP contribution in [0.15, 0.2) is 24.3 Å². The Balaban J connectivity index is 1.60. The van der Waals surface area contributed by atoms with Gasteiger partial charge in [0.2, 0.25) is 0 Å². The average Bonchev–Trinajstić information content (AvgIpc) is 2.99. The minimum absolute atomic E-state index is 0.292. The number of hydrogen-bond donors (Lipinski definition) is 1. The summed E-state index contributed by atoms with van der Waals surface area (Å²) in [7, 11) is 0. The quantitative estimate of drug-likeness (QED) is 0.887. The summed E-state index contributed by atoms with van der Waals surface area (Å²) in [5, 5.41) is 8.92. The van der Waals surface area contributed by atoms with Gasteiger partial charge < -0.3 is 9.84 Å². The molecule has 2 fully saturated rings. The number of carboxylic acid groups (broad SMARTS) is 1. The lowest BCUT2D eigenvalue weighted by atomic mass is 9.89. The summed E-state index contributed by atoms with van der Waals surface area (Å²) >= 11 is 0. The molecule has 0 radical (unpaired) electrons. The number of ether oxygens (including phenoxy) is 1. The molecule has 3 heteroatoms. The molecule has 3 unspecified atom stereocenters. The molecule has 96 valence electrons. The van der Waals surface area contributed by atoms with E-state index < -0.39 is 5.97 Å². The molecule has 2 aliphatic carbocycles. The molecule has 2 saturated carbocycles. The number of hydrogen-bond acceptors (Lipinski definition) is 2. The van der Waals surface area contributed by atoms with Crippen LogP contribution in [-0.4, -0.2) is 17.7 Å². The van der Waals surface area contributed by atoms with Gasteiger partial charge in [-0.25, -0.2) is 4.79 Å². The van der Waals surface area contributed by atoms with E-state index in [9.17, 15) is 4.79 Å². The van der Waals surface area contributed by atoms with Crippen LogP contribution in [0.1, 0.15) is 36.0 Å². The Kier molecular flexibility index (Phi) is 2.98. The van der Waals surface area contributed by atoms with Crippen molar-refractivity contribution in [2.75, 3.05) is 6.61 Å². The van der Waals surface area contributed by atoms with Gasteiger partial charge in [0.25, 0.3) is 0 Å². The van der Waals surface area contributed by atoms with Crippen LogP contribution >= 0.6 is 0 Å². The van der Waals surface area contributed by atoms with Crippen LogP contribution in [0.2, 0.25) is 0 Å². The molecule has 3 rings (SSSR count). The first-order valence-electron chi connectivity index (χ1n) is 6.68. The van der Waals surface area contributed by atoms with E-state index in [1.165, 1.54) is 25.7 Å². The molecule has 0 saturated heterocycles. The predicted molar refractivity (Wildman–Crippen MR) is 67.8 cm³/mol. The van der Waals surface area contributed by atoms with Crippen LogP contribution in [0.3, 0.4) is 0 Å². The standard InChI is InChI=1S/C15H18O3/c16-15(17)12-2-1-3-14(8-12)18-9-13-7-10-4-5-11(13)6-10/h1-3,8,10-11,13H,4-7,9H2,(H,16,17). The van der Waals surface area contributed by atoms with Crippen molar-refractivity contribution < 1.29 is 14.6 Å². The number of fused-ring (bicyclic) bond motifs is 2. The maximum absolute atomic E-state index is 10.9. The van der Waals surface area contributed by atoms with Crippen molar-refractivity contribution in [1.82, 2.24) is 0 Å². The van der Waals surface area contributed by atoms with Gasteiger partial charge in [0.15, 0.2) is 0 Å². The maximum Gasteiger partial charge on any atom is 0.335 e. The summed E-state index contributed by atoms with van der Waals surface area (Å²) in [4.78, 5) is 10.9. The van der Waals surface area contributed by atoms with Crippen LogP contribution < -0.4 is 4.74 Å². The zero-order valence-electron chi connectivity index (χ0n) is 10.3. The smallest absolute Gasteiger partial charge is 0.335 e.